The first-order valence-electron chi connectivity index (χ1n) is 12.5. The fourth-order valence-electron chi connectivity index (χ4n) is 4.06. The number of alkyl carbamates (subject to hydrolysis) is 1. The molecule has 1 aliphatic heterocycles. The number of hydrogen-bond donors (Lipinski definition) is 2. The third kappa shape index (κ3) is 11.2. The van der Waals surface area contributed by atoms with E-state index in [1.807, 2.05) is 13.8 Å². The summed E-state index contributed by atoms with van der Waals surface area (Å²) in [5.74, 6) is -3.15. The first-order valence-corrected chi connectivity index (χ1v) is 12.5. The molecule has 37 heavy (non-hydrogen) atoms. The van der Waals surface area contributed by atoms with Crippen LogP contribution in [-0.4, -0.2) is 85.0 Å². The van der Waals surface area contributed by atoms with Crippen molar-refractivity contribution in [1.82, 2.24) is 15.5 Å². The van der Waals surface area contributed by atoms with Gasteiger partial charge in [0, 0.05) is 25.4 Å². The van der Waals surface area contributed by atoms with Crippen molar-refractivity contribution in [3.63, 3.8) is 0 Å². The van der Waals surface area contributed by atoms with Crippen LogP contribution in [0.25, 0.3) is 0 Å². The van der Waals surface area contributed by atoms with Crippen LogP contribution in [0, 0.1) is 5.92 Å². The molecule has 0 aliphatic carbocycles. The van der Waals surface area contributed by atoms with E-state index in [1.54, 1.807) is 20.8 Å². The van der Waals surface area contributed by atoms with Crippen LogP contribution in [0.15, 0.2) is 0 Å². The van der Waals surface area contributed by atoms with Gasteiger partial charge in [-0.1, -0.05) is 13.8 Å². The molecule has 12 heteroatoms. The third-order valence-corrected chi connectivity index (χ3v) is 5.64. The average molecular weight is 528 g/mol. The maximum absolute atomic E-state index is 13.4. The predicted octanol–water partition coefficient (Wildman–Crippen LogP) is 1.49. The van der Waals surface area contributed by atoms with Gasteiger partial charge in [-0.15, -0.1) is 0 Å². The summed E-state index contributed by atoms with van der Waals surface area (Å²) in [4.78, 5) is 75.8. The molecule has 0 bridgehead atoms. The Morgan fingerprint density at radius 2 is 1.65 bits per heavy atom. The maximum atomic E-state index is 13.4. The second-order valence-corrected chi connectivity index (χ2v) is 10.5. The first-order chi connectivity index (χ1) is 17.2. The molecular weight excluding hydrogens is 486 g/mol. The maximum Gasteiger partial charge on any atom is 0.408 e. The van der Waals surface area contributed by atoms with Crippen LogP contribution >= 0.6 is 0 Å². The number of methoxy groups -OCH3 is 2. The monoisotopic (exact) mass is 527 g/mol. The quantitative estimate of drug-likeness (QED) is 0.218. The third-order valence-electron chi connectivity index (χ3n) is 5.64. The molecule has 1 rings (SSSR count). The minimum absolute atomic E-state index is 0.0425. The lowest BCUT2D eigenvalue weighted by Crippen LogP contribution is -2.55. The zero-order valence-corrected chi connectivity index (χ0v) is 22.9. The molecule has 1 saturated heterocycles. The molecule has 1 heterocycles. The normalized spacial score (nSPS) is 17.0. The number of amides is 3. The summed E-state index contributed by atoms with van der Waals surface area (Å²) in [5, 5.41) is 5.32. The molecule has 3 atom stereocenters. The zero-order chi connectivity index (χ0) is 28.3. The van der Waals surface area contributed by atoms with E-state index in [4.69, 9.17) is 4.74 Å². The summed E-state index contributed by atoms with van der Waals surface area (Å²) in [7, 11) is 2.33. The van der Waals surface area contributed by atoms with Gasteiger partial charge in [-0.2, -0.15) is 0 Å². The second kappa shape index (κ2) is 14.5. The Kier molecular flexibility index (Phi) is 12.5. The number of nitrogens with zero attached hydrogens (tertiary/aromatic N) is 1. The Morgan fingerprint density at radius 1 is 1.00 bits per heavy atom. The van der Waals surface area contributed by atoms with Crippen LogP contribution in [-0.2, 0) is 38.2 Å². The molecule has 1 fully saturated rings. The van der Waals surface area contributed by atoms with Crippen LogP contribution in [0.3, 0.4) is 0 Å². The Labute approximate surface area is 218 Å². The van der Waals surface area contributed by atoms with Gasteiger partial charge in [0.15, 0.2) is 0 Å². The van der Waals surface area contributed by atoms with Gasteiger partial charge in [0.25, 0.3) is 0 Å². The topological polar surface area (TPSA) is 157 Å². The summed E-state index contributed by atoms with van der Waals surface area (Å²) < 4.78 is 14.4. The van der Waals surface area contributed by atoms with Crippen LogP contribution < -0.4 is 10.6 Å². The molecule has 210 valence electrons. The number of rotatable bonds is 12. The smallest absolute Gasteiger partial charge is 0.408 e. The summed E-state index contributed by atoms with van der Waals surface area (Å²) in [6, 6.07) is -2.57. The number of hydrogen-bond acceptors (Lipinski definition) is 9. The molecule has 0 radical (unpaired) electrons. The molecule has 0 saturated carbocycles. The van der Waals surface area contributed by atoms with Crippen LogP contribution in [0.4, 0.5) is 4.79 Å². The van der Waals surface area contributed by atoms with E-state index >= 15 is 0 Å². The Balaban J connectivity index is 3.03. The van der Waals surface area contributed by atoms with Crippen molar-refractivity contribution in [2.24, 2.45) is 5.92 Å². The predicted molar refractivity (Wildman–Crippen MR) is 132 cm³/mol. The van der Waals surface area contributed by atoms with Crippen LogP contribution in [0.1, 0.15) is 73.1 Å². The molecule has 0 aromatic carbocycles. The van der Waals surface area contributed by atoms with E-state index < -0.39 is 59.4 Å². The number of esters is 2. The molecule has 0 aromatic rings. The SMILES string of the molecule is COC(=O)CC[C@H](NC(=O)OC(C)(C)C)C(=O)N1CCCC1C(=O)N[C@H](CC(=O)C(=O)OC)CC(C)C. The van der Waals surface area contributed by atoms with Gasteiger partial charge in [0.05, 0.1) is 14.2 Å². The van der Waals surface area contributed by atoms with Crippen molar-refractivity contribution in [2.45, 2.75) is 96.9 Å². The molecule has 0 aromatic heterocycles. The van der Waals surface area contributed by atoms with Gasteiger partial charge in [-0.25, -0.2) is 9.59 Å². The average Bonchev–Trinajstić information content (AvgIpc) is 3.28. The largest absolute Gasteiger partial charge is 0.469 e. The van der Waals surface area contributed by atoms with E-state index in [9.17, 15) is 28.8 Å². The number of ether oxygens (including phenoxy) is 3. The number of carbonyl (C=O) groups excluding carboxylic acids is 6. The first kappa shape index (κ1) is 31.8. The Morgan fingerprint density at radius 3 is 2.19 bits per heavy atom. The van der Waals surface area contributed by atoms with Crippen LogP contribution in [0.2, 0.25) is 0 Å². The van der Waals surface area contributed by atoms with E-state index in [2.05, 4.69) is 20.1 Å². The fourth-order valence-corrected chi connectivity index (χ4v) is 4.06. The molecule has 0 spiro atoms. The minimum Gasteiger partial charge on any atom is -0.469 e. The molecule has 12 nitrogen and oxygen atoms in total. The van der Waals surface area contributed by atoms with E-state index in [1.165, 1.54) is 12.0 Å². The highest BCUT2D eigenvalue weighted by Gasteiger charge is 2.39. The number of likely N-dealkylation sites (tertiary alicyclic amines) is 1. The fraction of sp³-hybridized carbons (Fsp3) is 0.760. The summed E-state index contributed by atoms with van der Waals surface area (Å²) in [6.45, 7) is 9.14. The van der Waals surface area contributed by atoms with Crippen LogP contribution in [0.5, 0.6) is 0 Å². The summed E-state index contributed by atoms with van der Waals surface area (Å²) in [6.07, 6.45) is 0.159. The van der Waals surface area contributed by atoms with Crippen molar-refractivity contribution in [3.05, 3.63) is 0 Å². The lowest BCUT2D eigenvalue weighted by Gasteiger charge is -2.30. The molecular formula is C25H41N3O9. The van der Waals surface area contributed by atoms with Gasteiger partial charge in [0.1, 0.15) is 17.7 Å². The molecule has 2 N–H and O–H groups in total. The molecule has 1 unspecified atom stereocenters. The Hall–Kier alpha value is -3.18. The minimum atomic E-state index is -1.12. The van der Waals surface area contributed by atoms with Gasteiger partial charge >= 0.3 is 18.0 Å². The highest BCUT2D eigenvalue weighted by Crippen LogP contribution is 2.21. The Bertz CT molecular complexity index is 851. The highest BCUT2D eigenvalue weighted by atomic mass is 16.6. The van der Waals surface area contributed by atoms with Gasteiger partial charge in [-0.05, 0) is 52.4 Å². The highest BCUT2D eigenvalue weighted by molar-refractivity contribution is 6.33. The lowest BCUT2D eigenvalue weighted by molar-refractivity contribution is -0.152. The van der Waals surface area contributed by atoms with Crippen molar-refractivity contribution in [2.75, 3.05) is 20.8 Å². The van der Waals surface area contributed by atoms with E-state index in [0.29, 0.717) is 19.3 Å². The van der Waals surface area contributed by atoms with Gasteiger partial charge in [-0.3, -0.25) is 19.2 Å². The second-order valence-electron chi connectivity index (χ2n) is 10.5. The van der Waals surface area contributed by atoms with Crippen molar-refractivity contribution >= 4 is 35.6 Å². The standard InChI is InChI=1S/C25H41N3O9/c1-15(2)13-16(14-19(29)23(33)36-7)26-21(31)18-9-8-12-28(18)22(32)17(10-11-20(30)35-6)27-24(34)37-25(3,4)5/h15-18H,8-14H2,1-7H3,(H,26,31)(H,27,34)/t16-,17-,18?/m0/s1. The van der Waals surface area contributed by atoms with E-state index in [-0.39, 0.29) is 31.7 Å². The van der Waals surface area contributed by atoms with Gasteiger partial charge in [0.2, 0.25) is 17.6 Å². The number of carbonyl (C=O) groups is 6. The van der Waals surface area contributed by atoms with Crippen molar-refractivity contribution in [1.29, 1.82) is 0 Å². The van der Waals surface area contributed by atoms with Crippen molar-refractivity contribution < 1.29 is 43.0 Å². The number of ketones is 1. The van der Waals surface area contributed by atoms with Crippen molar-refractivity contribution in [3.8, 4) is 0 Å². The summed E-state index contributed by atoms with van der Waals surface area (Å²) in [5.41, 5.74) is -0.802. The summed E-state index contributed by atoms with van der Waals surface area (Å²) >= 11 is 0. The van der Waals surface area contributed by atoms with E-state index in [0.717, 1.165) is 7.11 Å². The van der Waals surface area contributed by atoms with Gasteiger partial charge < -0.3 is 29.7 Å². The number of Topliss-reactive ketones (excluding diaryl/α,β-unsaturated/α-hetero) is 1. The lowest BCUT2D eigenvalue weighted by atomic mass is 9.98. The zero-order valence-electron chi connectivity index (χ0n) is 22.9. The number of nitrogens with one attached hydrogen (secondary N) is 2. The molecule has 3 amide bonds. The molecule has 1 aliphatic rings.